The summed E-state index contributed by atoms with van der Waals surface area (Å²) in [7, 11) is 2.03. The molecule has 0 unspecified atom stereocenters. The Bertz CT molecular complexity index is 1210. The van der Waals surface area contributed by atoms with E-state index < -0.39 is 11.1 Å². The fraction of sp³-hybridized carbons (Fsp3) is 0.517. The lowest BCUT2D eigenvalue weighted by atomic mass is 9.89. The van der Waals surface area contributed by atoms with Crippen molar-refractivity contribution in [1.29, 1.82) is 0 Å². The molecule has 7 heteroatoms. The van der Waals surface area contributed by atoms with Crippen LogP contribution in [-0.2, 0) is 16.5 Å². The minimum Gasteiger partial charge on any atom is -0.379 e. The second-order valence-corrected chi connectivity index (χ2v) is 11.0. The molecule has 2 aromatic carbocycles. The third-order valence-electron chi connectivity index (χ3n) is 8.25. The number of aryl methyl sites for hydroxylation is 1. The molecule has 0 saturated carbocycles. The van der Waals surface area contributed by atoms with Crippen LogP contribution in [0.5, 0.6) is 0 Å². The van der Waals surface area contributed by atoms with Gasteiger partial charge in [-0.15, -0.1) is 0 Å². The molecule has 5 rings (SSSR count). The number of hydrogen-bond acceptors (Lipinski definition) is 6. The average Bonchev–Trinajstić information content (AvgIpc) is 3.19. The van der Waals surface area contributed by atoms with Gasteiger partial charge in [-0.05, 0) is 64.1 Å². The number of carbonyl (C=O) groups excluding carboxylic acids is 2. The Morgan fingerprint density at radius 2 is 1.03 bits per heavy atom. The van der Waals surface area contributed by atoms with Crippen molar-refractivity contribution in [1.82, 2.24) is 14.4 Å². The molecule has 3 heterocycles. The van der Waals surface area contributed by atoms with E-state index >= 15 is 0 Å². The van der Waals surface area contributed by atoms with Gasteiger partial charge in [-0.2, -0.15) is 0 Å². The number of fused-ring (bicyclic) bond motifs is 3. The number of morpholine rings is 2. The highest BCUT2D eigenvalue weighted by Gasteiger charge is 2.37. The van der Waals surface area contributed by atoms with E-state index in [1.165, 1.54) is 0 Å². The molecule has 7 nitrogen and oxygen atoms in total. The monoisotopic (exact) mass is 491 g/mol. The summed E-state index contributed by atoms with van der Waals surface area (Å²) in [4.78, 5) is 31.8. The van der Waals surface area contributed by atoms with Crippen LogP contribution in [0.15, 0.2) is 36.4 Å². The summed E-state index contributed by atoms with van der Waals surface area (Å²) >= 11 is 0. The summed E-state index contributed by atoms with van der Waals surface area (Å²) in [6.45, 7) is 13.6. The summed E-state index contributed by atoms with van der Waals surface area (Å²) in [5.74, 6) is 0.202. The predicted molar refractivity (Wildman–Crippen MR) is 142 cm³/mol. The van der Waals surface area contributed by atoms with E-state index in [2.05, 4.69) is 14.4 Å². The van der Waals surface area contributed by atoms with Gasteiger partial charge in [0.25, 0.3) is 0 Å². The Labute approximate surface area is 212 Å². The summed E-state index contributed by atoms with van der Waals surface area (Å²) in [5, 5.41) is 1.99. The lowest BCUT2D eigenvalue weighted by molar-refractivity contribution is -0.00442. The number of rotatable bonds is 6. The summed E-state index contributed by atoms with van der Waals surface area (Å²) in [6, 6.07) is 11.9. The first-order valence-electron chi connectivity index (χ1n) is 12.9. The van der Waals surface area contributed by atoms with Crippen LogP contribution in [0, 0.1) is 0 Å². The Kier molecular flexibility index (Phi) is 6.53. The van der Waals surface area contributed by atoms with Gasteiger partial charge in [0.05, 0.1) is 37.5 Å². The molecular formula is C29H37N3O4. The molecule has 36 heavy (non-hydrogen) atoms. The Balaban J connectivity index is 1.53. The van der Waals surface area contributed by atoms with E-state index in [0.717, 1.165) is 48.0 Å². The topological polar surface area (TPSA) is 64.0 Å². The maximum atomic E-state index is 13.7. The van der Waals surface area contributed by atoms with E-state index in [4.69, 9.17) is 9.47 Å². The second kappa shape index (κ2) is 9.38. The molecule has 0 spiro atoms. The van der Waals surface area contributed by atoms with E-state index in [1.807, 2.05) is 71.1 Å². The third-order valence-corrected chi connectivity index (χ3v) is 8.25. The molecular weight excluding hydrogens is 454 g/mol. The van der Waals surface area contributed by atoms with Crippen molar-refractivity contribution >= 4 is 33.4 Å². The normalized spacial score (nSPS) is 18.7. The number of nitrogens with zero attached hydrogens (tertiary/aromatic N) is 3. The zero-order chi connectivity index (χ0) is 25.7. The van der Waals surface area contributed by atoms with Crippen molar-refractivity contribution in [3.63, 3.8) is 0 Å². The highest BCUT2D eigenvalue weighted by atomic mass is 16.5. The molecule has 0 radical (unpaired) electrons. The van der Waals surface area contributed by atoms with Crippen molar-refractivity contribution < 1.29 is 19.1 Å². The first kappa shape index (κ1) is 25.1. The molecule has 2 fully saturated rings. The van der Waals surface area contributed by atoms with Gasteiger partial charge >= 0.3 is 0 Å². The van der Waals surface area contributed by atoms with Crippen molar-refractivity contribution in [3.8, 4) is 0 Å². The van der Waals surface area contributed by atoms with Crippen molar-refractivity contribution in [2.24, 2.45) is 7.05 Å². The minimum absolute atomic E-state index is 0.101. The molecule has 0 atom stereocenters. The van der Waals surface area contributed by atoms with Crippen molar-refractivity contribution in [2.45, 2.75) is 38.8 Å². The molecule has 0 amide bonds. The molecule has 0 aliphatic carbocycles. The second-order valence-electron chi connectivity index (χ2n) is 11.0. The number of carbonyl (C=O) groups is 2. The van der Waals surface area contributed by atoms with E-state index in [1.54, 1.807) is 0 Å². The SMILES string of the molecule is Cn1c2ccc(C(=O)C(C)(C)N3CCOCC3)cc2c2cc(C(=O)C(C)(C)N3CCOCC3)ccc21. The van der Waals surface area contributed by atoms with Gasteiger partial charge in [-0.3, -0.25) is 19.4 Å². The van der Waals surface area contributed by atoms with Gasteiger partial charge in [-0.25, -0.2) is 0 Å². The van der Waals surface area contributed by atoms with Crippen molar-refractivity contribution in [3.05, 3.63) is 47.5 Å². The lowest BCUT2D eigenvalue weighted by Gasteiger charge is -2.39. The number of benzene rings is 2. The Morgan fingerprint density at radius 1 is 0.667 bits per heavy atom. The van der Waals surface area contributed by atoms with Crippen LogP contribution in [0.1, 0.15) is 48.4 Å². The standard InChI is InChI=1S/C29H37N3O4/c1-28(2,31-10-14-35-15-11-31)26(33)20-6-8-24-22(18-20)23-19-21(7-9-25(23)30(24)5)27(34)29(3,4)32-12-16-36-17-13-32/h6-9,18-19H,10-17H2,1-5H3. The van der Waals surface area contributed by atoms with Gasteiger partial charge in [0, 0.05) is 66.2 Å². The zero-order valence-corrected chi connectivity index (χ0v) is 22.1. The van der Waals surface area contributed by atoms with Crippen molar-refractivity contribution in [2.75, 3.05) is 52.6 Å². The van der Waals surface area contributed by atoms with Crippen LogP contribution in [0.3, 0.4) is 0 Å². The molecule has 192 valence electrons. The van der Waals surface area contributed by atoms with Crippen LogP contribution < -0.4 is 0 Å². The highest BCUT2D eigenvalue weighted by Crippen LogP contribution is 2.33. The average molecular weight is 492 g/mol. The number of ketones is 2. The summed E-state index contributed by atoms with van der Waals surface area (Å²) in [6.07, 6.45) is 0. The van der Waals surface area contributed by atoms with E-state index in [-0.39, 0.29) is 11.6 Å². The summed E-state index contributed by atoms with van der Waals surface area (Å²) in [5.41, 5.74) is 2.23. The van der Waals surface area contributed by atoms with E-state index in [9.17, 15) is 9.59 Å². The van der Waals surface area contributed by atoms with Crippen LogP contribution in [0.2, 0.25) is 0 Å². The van der Waals surface area contributed by atoms with Gasteiger partial charge in [0.2, 0.25) is 0 Å². The number of aromatic nitrogens is 1. The smallest absolute Gasteiger partial charge is 0.182 e. The predicted octanol–water partition coefficient (Wildman–Crippen LogP) is 3.92. The van der Waals surface area contributed by atoms with Crippen LogP contribution in [0.4, 0.5) is 0 Å². The van der Waals surface area contributed by atoms with Gasteiger partial charge < -0.3 is 14.0 Å². The molecule has 1 aromatic heterocycles. The van der Waals surface area contributed by atoms with Crippen LogP contribution in [-0.4, -0.2) is 89.6 Å². The number of Topliss-reactive ketones (excluding diaryl/α,β-unsaturated/α-hetero) is 2. The quantitative estimate of drug-likeness (QED) is 0.487. The zero-order valence-electron chi connectivity index (χ0n) is 22.1. The highest BCUT2D eigenvalue weighted by molar-refractivity contribution is 6.14. The third kappa shape index (κ3) is 4.18. The fourth-order valence-electron chi connectivity index (χ4n) is 5.74. The van der Waals surface area contributed by atoms with Crippen LogP contribution >= 0.6 is 0 Å². The maximum Gasteiger partial charge on any atom is 0.182 e. The Hall–Kier alpha value is -2.58. The van der Waals surface area contributed by atoms with Gasteiger partial charge in [0.15, 0.2) is 11.6 Å². The van der Waals surface area contributed by atoms with E-state index in [0.29, 0.717) is 37.6 Å². The fourth-order valence-corrected chi connectivity index (χ4v) is 5.74. The largest absolute Gasteiger partial charge is 0.379 e. The lowest BCUT2D eigenvalue weighted by Crippen LogP contribution is -2.54. The van der Waals surface area contributed by atoms with Crippen LogP contribution in [0.25, 0.3) is 21.8 Å². The van der Waals surface area contributed by atoms with Gasteiger partial charge in [-0.1, -0.05) is 0 Å². The maximum absolute atomic E-state index is 13.7. The summed E-state index contributed by atoms with van der Waals surface area (Å²) < 4.78 is 13.1. The number of ether oxygens (including phenoxy) is 2. The molecule has 0 N–H and O–H groups in total. The molecule has 2 saturated heterocycles. The first-order chi connectivity index (χ1) is 17.1. The molecule has 2 aliphatic rings. The number of hydrogen-bond donors (Lipinski definition) is 0. The minimum atomic E-state index is -0.620. The molecule has 3 aromatic rings. The first-order valence-corrected chi connectivity index (χ1v) is 12.9. The Morgan fingerprint density at radius 3 is 1.39 bits per heavy atom. The van der Waals surface area contributed by atoms with Gasteiger partial charge in [0.1, 0.15) is 0 Å². The molecule has 2 aliphatic heterocycles. The molecule has 0 bridgehead atoms.